The summed E-state index contributed by atoms with van der Waals surface area (Å²) < 4.78 is 0. The van der Waals surface area contributed by atoms with Gasteiger partial charge in [-0.05, 0) is 74.2 Å². The zero-order valence-corrected chi connectivity index (χ0v) is 32.3. The number of carbonyl (C=O) groups is 2. The molecular formula is C48H42N6O6. The first-order valence-electron chi connectivity index (χ1n) is 19.1. The van der Waals surface area contributed by atoms with E-state index < -0.39 is 28.9 Å². The topological polar surface area (TPSA) is 217 Å². The molecule has 0 saturated carbocycles. The van der Waals surface area contributed by atoms with Gasteiger partial charge in [0, 0.05) is 53.9 Å². The van der Waals surface area contributed by atoms with Gasteiger partial charge in [-0.3, -0.25) is 19.7 Å². The van der Waals surface area contributed by atoms with Crippen LogP contribution in [0.4, 0.5) is 5.69 Å². The summed E-state index contributed by atoms with van der Waals surface area (Å²) >= 11 is 0. The lowest BCUT2D eigenvalue weighted by Gasteiger charge is -2.07. The standard InChI is InChI=1S/C17H15N3O4.C17H16N2O2.C14H11N/c18-13(17(21)22)6-12-9-19-14-7-11(10-4-2-1-3-5-10)8-15(16(12)14)20(23)24;18-15(17(20)21)8-13-10-19-16-9-12(6-7-14(13)16)11-4-2-1-3-5-11;1-2-4-11(5-3-1)13-7-6-12-8-9-15-14(12)10-13/h1-5,7-9,13,19H,6,18H2,(H,21,22);1-7,9-10,15,19H,8,18H2,(H,20,21);1-10,15H. The van der Waals surface area contributed by atoms with Gasteiger partial charge in [0.15, 0.2) is 0 Å². The van der Waals surface area contributed by atoms with Crippen molar-refractivity contribution in [3.05, 3.63) is 185 Å². The minimum absolute atomic E-state index is 0.0147. The molecule has 0 spiro atoms. The average Bonchev–Trinajstić information content (AvgIpc) is 4.03. The molecule has 9 aromatic rings. The third kappa shape index (κ3) is 9.32. The molecule has 3 heterocycles. The maximum atomic E-state index is 11.5. The Morgan fingerprint density at radius 2 is 1.03 bits per heavy atom. The van der Waals surface area contributed by atoms with Gasteiger partial charge in [0.1, 0.15) is 12.1 Å². The fourth-order valence-electron chi connectivity index (χ4n) is 7.09. The van der Waals surface area contributed by atoms with Crippen LogP contribution in [0.15, 0.2) is 164 Å². The minimum Gasteiger partial charge on any atom is -0.480 e. The number of hydrogen-bond acceptors (Lipinski definition) is 6. The predicted molar refractivity (Wildman–Crippen MR) is 236 cm³/mol. The molecule has 0 amide bonds. The summed E-state index contributed by atoms with van der Waals surface area (Å²) in [5.74, 6) is -2.13. The normalized spacial score (nSPS) is 11.9. The van der Waals surface area contributed by atoms with Gasteiger partial charge in [-0.25, -0.2) is 0 Å². The summed E-state index contributed by atoms with van der Waals surface area (Å²) in [5, 5.41) is 32.1. The van der Waals surface area contributed by atoms with E-state index in [1.165, 1.54) is 28.1 Å². The molecule has 3 aromatic heterocycles. The number of nitrogens with one attached hydrogen (secondary N) is 3. The van der Waals surface area contributed by atoms with E-state index in [0.717, 1.165) is 33.2 Å². The highest BCUT2D eigenvalue weighted by atomic mass is 16.6. The molecule has 0 bridgehead atoms. The number of aliphatic carboxylic acids is 2. The van der Waals surface area contributed by atoms with Crippen molar-refractivity contribution in [2.24, 2.45) is 11.5 Å². The van der Waals surface area contributed by atoms with Gasteiger partial charge < -0.3 is 36.6 Å². The molecule has 2 unspecified atom stereocenters. The molecule has 12 nitrogen and oxygen atoms in total. The maximum Gasteiger partial charge on any atom is 0.320 e. The zero-order valence-electron chi connectivity index (χ0n) is 32.3. The van der Waals surface area contributed by atoms with Crippen LogP contribution in [0.3, 0.4) is 0 Å². The molecule has 0 aliphatic heterocycles. The molecule has 0 fully saturated rings. The molecule has 0 radical (unpaired) electrons. The van der Waals surface area contributed by atoms with Crippen molar-refractivity contribution in [1.29, 1.82) is 0 Å². The van der Waals surface area contributed by atoms with Crippen molar-refractivity contribution in [2.45, 2.75) is 24.9 Å². The van der Waals surface area contributed by atoms with Crippen LogP contribution in [0.25, 0.3) is 66.1 Å². The lowest BCUT2D eigenvalue weighted by atomic mass is 9.99. The summed E-state index contributed by atoms with van der Waals surface area (Å²) in [6, 6.07) is 45.9. The lowest BCUT2D eigenvalue weighted by Crippen LogP contribution is -2.32. The largest absolute Gasteiger partial charge is 0.480 e. The monoisotopic (exact) mass is 798 g/mol. The van der Waals surface area contributed by atoms with E-state index in [0.29, 0.717) is 28.5 Å². The fourth-order valence-corrected chi connectivity index (χ4v) is 7.09. The number of H-pyrrole nitrogens is 3. The van der Waals surface area contributed by atoms with Crippen LogP contribution in [0, 0.1) is 10.1 Å². The molecule has 60 heavy (non-hydrogen) atoms. The molecule has 9 rings (SSSR count). The zero-order chi connectivity index (χ0) is 42.2. The SMILES string of the molecule is NC(Cc1c[nH]c2cc(-c3ccccc3)cc([N+](=O)[O-])c12)C(=O)O.NC(Cc1c[nH]c2cc(-c3ccccc3)ccc12)C(=O)O.c1ccc(-c2ccc3cc[nH]c3c2)cc1. The van der Waals surface area contributed by atoms with Crippen molar-refractivity contribution < 1.29 is 24.7 Å². The Kier molecular flexibility index (Phi) is 12.3. The van der Waals surface area contributed by atoms with Crippen molar-refractivity contribution in [2.75, 3.05) is 0 Å². The highest BCUT2D eigenvalue weighted by molar-refractivity contribution is 5.96. The van der Waals surface area contributed by atoms with Gasteiger partial charge in [0.2, 0.25) is 0 Å². The number of nitrogens with two attached hydrogens (primary N) is 2. The first kappa shape index (κ1) is 40.4. The third-order valence-corrected chi connectivity index (χ3v) is 10.2. The number of nitro benzene ring substituents is 1. The number of aromatic amines is 3. The van der Waals surface area contributed by atoms with Gasteiger partial charge in [-0.2, -0.15) is 0 Å². The van der Waals surface area contributed by atoms with Gasteiger partial charge in [0.25, 0.3) is 5.69 Å². The Bertz CT molecular complexity index is 2900. The molecular weight excluding hydrogens is 757 g/mol. The summed E-state index contributed by atoms with van der Waals surface area (Å²) in [7, 11) is 0. The molecule has 2 atom stereocenters. The number of nitro groups is 1. The summed E-state index contributed by atoms with van der Waals surface area (Å²) in [6.07, 6.45) is 5.72. The van der Waals surface area contributed by atoms with Crippen LogP contribution in [0.1, 0.15) is 11.1 Å². The summed E-state index contributed by atoms with van der Waals surface area (Å²) in [6.45, 7) is 0. The fraction of sp³-hybridized carbons (Fsp3) is 0.0833. The number of benzene rings is 6. The summed E-state index contributed by atoms with van der Waals surface area (Å²) in [5.41, 5.74) is 21.7. The number of nitrogens with zero attached hydrogens (tertiary/aromatic N) is 1. The van der Waals surface area contributed by atoms with Crippen LogP contribution in [0.2, 0.25) is 0 Å². The van der Waals surface area contributed by atoms with E-state index in [9.17, 15) is 19.7 Å². The third-order valence-electron chi connectivity index (χ3n) is 10.2. The van der Waals surface area contributed by atoms with Crippen LogP contribution >= 0.6 is 0 Å². The van der Waals surface area contributed by atoms with E-state index in [2.05, 4.69) is 81.7 Å². The molecule has 0 aliphatic rings. The molecule has 9 N–H and O–H groups in total. The van der Waals surface area contributed by atoms with Crippen LogP contribution in [0.5, 0.6) is 0 Å². The van der Waals surface area contributed by atoms with Crippen LogP contribution in [-0.4, -0.2) is 54.1 Å². The second kappa shape index (κ2) is 18.2. The van der Waals surface area contributed by atoms with E-state index in [4.69, 9.17) is 21.7 Å². The number of carboxylic acids is 2. The van der Waals surface area contributed by atoms with Gasteiger partial charge in [-0.15, -0.1) is 0 Å². The van der Waals surface area contributed by atoms with Crippen LogP contribution in [-0.2, 0) is 22.4 Å². The Morgan fingerprint density at radius 1 is 0.550 bits per heavy atom. The van der Waals surface area contributed by atoms with Gasteiger partial charge >= 0.3 is 11.9 Å². The van der Waals surface area contributed by atoms with E-state index in [1.807, 2.05) is 85.2 Å². The van der Waals surface area contributed by atoms with E-state index in [-0.39, 0.29) is 12.1 Å². The molecule has 0 aliphatic carbocycles. The molecule has 6 aromatic carbocycles. The lowest BCUT2D eigenvalue weighted by molar-refractivity contribution is -0.383. The maximum absolute atomic E-state index is 11.5. The Hall–Kier alpha value is -7.80. The number of rotatable bonds is 10. The first-order valence-corrected chi connectivity index (χ1v) is 19.1. The smallest absolute Gasteiger partial charge is 0.320 e. The minimum atomic E-state index is -1.15. The van der Waals surface area contributed by atoms with E-state index >= 15 is 0 Å². The molecule has 12 heteroatoms. The summed E-state index contributed by atoms with van der Waals surface area (Å²) in [4.78, 5) is 42.3. The number of aromatic nitrogens is 3. The highest BCUT2D eigenvalue weighted by Gasteiger charge is 2.22. The van der Waals surface area contributed by atoms with E-state index in [1.54, 1.807) is 6.20 Å². The number of fused-ring (bicyclic) bond motifs is 3. The molecule has 300 valence electrons. The Labute approximate surface area is 344 Å². The van der Waals surface area contributed by atoms with Gasteiger partial charge in [-0.1, -0.05) is 115 Å². The van der Waals surface area contributed by atoms with Crippen molar-refractivity contribution in [1.82, 2.24) is 15.0 Å². The second-order valence-corrected chi connectivity index (χ2v) is 14.2. The Balaban J connectivity index is 0.000000139. The predicted octanol–water partition coefficient (Wildman–Crippen LogP) is 9.32. The van der Waals surface area contributed by atoms with Crippen LogP contribution < -0.4 is 11.5 Å². The van der Waals surface area contributed by atoms with Crippen molar-refractivity contribution in [3.63, 3.8) is 0 Å². The number of hydrogen-bond donors (Lipinski definition) is 7. The highest BCUT2D eigenvalue weighted by Crippen LogP contribution is 2.35. The second-order valence-electron chi connectivity index (χ2n) is 14.2. The van der Waals surface area contributed by atoms with Gasteiger partial charge in [0.05, 0.1) is 15.8 Å². The van der Waals surface area contributed by atoms with Crippen molar-refractivity contribution in [3.8, 4) is 33.4 Å². The Morgan fingerprint density at radius 3 is 1.60 bits per heavy atom. The molecule has 0 saturated heterocycles. The average molecular weight is 799 g/mol. The number of non-ortho nitro benzene ring substituents is 1. The number of carboxylic acid groups (broad SMARTS) is 2. The quantitative estimate of drug-likeness (QED) is 0.0521. The van der Waals surface area contributed by atoms with Crippen molar-refractivity contribution >= 4 is 50.3 Å². The first-order chi connectivity index (χ1) is 29.0.